The van der Waals surface area contributed by atoms with Gasteiger partial charge in [-0.05, 0) is 42.0 Å². The summed E-state index contributed by atoms with van der Waals surface area (Å²) in [5.41, 5.74) is 3.14. The summed E-state index contributed by atoms with van der Waals surface area (Å²) >= 11 is 0. The molecule has 2 aromatic carbocycles. The number of amides is 2. The number of carbonyl (C=O) groups is 2. The minimum atomic E-state index is -0.144. The molecule has 2 aliphatic heterocycles. The van der Waals surface area contributed by atoms with Crippen LogP contribution in [0.2, 0.25) is 0 Å². The van der Waals surface area contributed by atoms with E-state index in [4.69, 9.17) is 5.26 Å². The highest BCUT2D eigenvalue weighted by Crippen LogP contribution is 2.45. The second-order valence-corrected chi connectivity index (χ2v) is 9.46. The molecule has 2 amide bonds. The molecule has 7 nitrogen and oxygen atoms in total. The quantitative estimate of drug-likeness (QED) is 0.605. The zero-order chi connectivity index (χ0) is 24.3. The Hall–Kier alpha value is -4.18. The van der Waals surface area contributed by atoms with Crippen LogP contribution in [0.5, 0.6) is 0 Å². The van der Waals surface area contributed by atoms with Crippen LogP contribution in [0.4, 0.5) is 5.69 Å². The number of anilines is 1. The Labute approximate surface area is 205 Å². The zero-order valence-electron chi connectivity index (χ0n) is 19.4. The van der Waals surface area contributed by atoms with Gasteiger partial charge in [-0.2, -0.15) is 5.26 Å². The molecule has 7 heteroatoms. The smallest absolute Gasteiger partial charge is 0.252 e. The van der Waals surface area contributed by atoms with Gasteiger partial charge in [0.2, 0.25) is 5.91 Å². The molecule has 0 saturated carbocycles. The third-order valence-corrected chi connectivity index (χ3v) is 7.17. The van der Waals surface area contributed by atoms with E-state index in [0.29, 0.717) is 37.2 Å². The number of rotatable bonds is 6. The van der Waals surface area contributed by atoms with Crippen LogP contribution in [-0.2, 0) is 11.2 Å². The average Bonchev–Trinajstić information content (AvgIpc) is 3.28. The van der Waals surface area contributed by atoms with E-state index in [9.17, 15) is 9.59 Å². The molecule has 1 atom stereocenters. The highest BCUT2D eigenvalue weighted by molar-refractivity contribution is 5.93. The van der Waals surface area contributed by atoms with Gasteiger partial charge in [-0.15, -0.1) is 0 Å². The minimum Gasteiger partial charge on any atom is -0.370 e. The summed E-state index contributed by atoms with van der Waals surface area (Å²) < 4.78 is 0. The van der Waals surface area contributed by atoms with Gasteiger partial charge in [0.25, 0.3) is 5.91 Å². The number of nitrogens with zero attached hydrogens (tertiary/aromatic N) is 4. The van der Waals surface area contributed by atoms with Crippen molar-refractivity contribution in [1.29, 1.82) is 5.26 Å². The fourth-order valence-corrected chi connectivity index (χ4v) is 5.20. The maximum Gasteiger partial charge on any atom is 0.252 e. The van der Waals surface area contributed by atoms with Gasteiger partial charge in [0.05, 0.1) is 23.6 Å². The first-order valence-electron chi connectivity index (χ1n) is 11.8. The van der Waals surface area contributed by atoms with Crippen molar-refractivity contribution in [2.75, 3.05) is 37.6 Å². The van der Waals surface area contributed by atoms with E-state index < -0.39 is 0 Å². The first-order valence-corrected chi connectivity index (χ1v) is 11.8. The molecule has 35 heavy (non-hydrogen) atoms. The Kier molecular flexibility index (Phi) is 6.19. The number of hydrogen-bond acceptors (Lipinski definition) is 5. The Morgan fingerprint density at radius 1 is 1.03 bits per heavy atom. The number of benzene rings is 2. The fourth-order valence-electron chi connectivity index (χ4n) is 5.20. The lowest BCUT2D eigenvalue weighted by Crippen LogP contribution is -2.62. The van der Waals surface area contributed by atoms with E-state index in [1.165, 1.54) is 5.69 Å². The van der Waals surface area contributed by atoms with E-state index in [1.54, 1.807) is 36.7 Å². The summed E-state index contributed by atoms with van der Waals surface area (Å²) in [6.07, 6.45) is 3.51. The van der Waals surface area contributed by atoms with Crippen LogP contribution in [0.25, 0.3) is 0 Å². The lowest BCUT2D eigenvalue weighted by Gasteiger charge is -2.52. The number of hydrogen-bond donors (Lipinski definition) is 1. The fraction of sp³-hybridized carbons (Fsp3) is 0.286. The molecule has 2 saturated heterocycles. The lowest BCUT2D eigenvalue weighted by molar-refractivity contribution is -0.130. The first kappa shape index (κ1) is 22.6. The highest BCUT2D eigenvalue weighted by Gasteiger charge is 2.54. The van der Waals surface area contributed by atoms with Crippen molar-refractivity contribution in [2.45, 2.75) is 6.42 Å². The van der Waals surface area contributed by atoms with E-state index >= 15 is 0 Å². The SMILES string of the molecule is N#Cc1ccc(CC(=O)N2CC(CNC(=O)c3cccnc3)C3(C2)CN(c2ccccc2)C3)cc1. The maximum atomic E-state index is 13.2. The molecule has 5 rings (SSSR count). The normalized spacial score (nSPS) is 18.1. The summed E-state index contributed by atoms with van der Waals surface area (Å²) in [6.45, 7) is 3.51. The van der Waals surface area contributed by atoms with E-state index in [1.807, 2.05) is 35.2 Å². The van der Waals surface area contributed by atoms with Crippen molar-refractivity contribution in [3.05, 3.63) is 95.8 Å². The van der Waals surface area contributed by atoms with Crippen molar-refractivity contribution >= 4 is 17.5 Å². The number of pyridine rings is 1. The van der Waals surface area contributed by atoms with Crippen LogP contribution < -0.4 is 10.2 Å². The number of likely N-dealkylation sites (tertiary alicyclic amines) is 1. The molecule has 3 aromatic rings. The van der Waals surface area contributed by atoms with Gasteiger partial charge in [-0.1, -0.05) is 30.3 Å². The number of para-hydroxylation sites is 1. The van der Waals surface area contributed by atoms with E-state index in [-0.39, 0.29) is 23.1 Å². The Morgan fingerprint density at radius 2 is 1.80 bits per heavy atom. The molecule has 2 aliphatic rings. The molecule has 176 valence electrons. The van der Waals surface area contributed by atoms with Crippen LogP contribution in [0.1, 0.15) is 21.5 Å². The van der Waals surface area contributed by atoms with Gasteiger partial charge in [-0.3, -0.25) is 14.6 Å². The molecule has 0 aliphatic carbocycles. The monoisotopic (exact) mass is 465 g/mol. The molecular weight excluding hydrogens is 438 g/mol. The van der Waals surface area contributed by atoms with Crippen molar-refractivity contribution in [1.82, 2.24) is 15.2 Å². The number of carbonyl (C=O) groups excluding carboxylic acids is 2. The molecular formula is C28H27N5O2. The standard InChI is InChI=1S/C28H27N5O2/c29-14-22-10-8-21(9-11-22)13-26(34)32-17-24(16-31-27(35)23-5-4-12-30-15-23)28(18-32)19-33(20-28)25-6-2-1-3-7-25/h1-12,15,24H,13,16-20H2,(H,31,35). The van der Waals surface area contributed by atoms with Gasteiger partial charge in [0, 0.05) is 62.1 Å². The van der Waals surface area contributed by atoms with Crippen LogP contribution >= 0.6 is 0 Å². The Balaban J connectivity index is 1.28. The van der Waals surface area contributed by atoms with Gasteiger partial charge in [-0.25, -0.2) is 0 Å². The summed E-state index contributed by atoms with van der Waals surface area (Å²) in [4.78, 5) is 34.2. The van der Waals surface area contributed by atoms with Gasteiger partial charge < -0.3 is 15.1 Å². The molecule has 1 spiro atoms. The van der Waals surface area contributed by atoms with Crippen molar-refractivity contribution in [2.24, 2.45) is 11.3 Å². The molecule has 2 fully saturated rings. The number of nitriles is 1. The third-order valence-electron chi connectivity index (χ3n) is 7.17. The van der Waals surface area contributed by atoms with E-state index in [0.717, 1.165) is 18.7 Å². The van der Waals surface area contributed by atoms with Gasteiger partial charge >= 0.3 is 0 Å². The minimum absolute atomic E-state index is 0.0572. The van der Waals surface area contributed by atoms with Gasteiger partial charge in [0.15, 0.2) is 0 Å². The third kappa shape index (κ3) is 4.73. The molecule has 0 radical (unpaired) electrons. The lowest BCUT2D eigenvalue weighted by atomic mass is 9.71. The van der Waals surface area contributed by atoms with Crippen molar-refractivity contribution in [3.8, 4) is 6.07 Å². The van der Waals surface area contributed by atoms with Crippen LogP contribution in [0, 0.1) is 22.7 Å². The largest absolute Gasteiger partial charge is 0.370 e. The predicted octanol–water partition coefficient (Wildman–Crippen LogP) is 2.89. The van der Waals surface area contributed by atoms with Crippen LogP contribution in [0.3, 0.4) is 0 Å². The second-order valence-electron chi connectivity index (χ2n) is 9.46. The van der Waals surface area contributed by atoms with Crippen LogP contribution in [-0.4, -0.2) is 54.4 Å². The van der Waals surface area contributed by atoms with Gasteiger partial charge in [0.1, 0.15) is 0 Å². The number of nitrogens with one attached hydrogen (secondary N) is 1. The van der Waals surface area contributed by atoms with Crippen molar-refractivity contribution in [3.63, 3.8) is 0 Å². The second kappa shape index (κ2) is 9.59. The summed E-state index contributed by atoms with van der Waals surface area (Å²) in [6, 6.07) is 23.1. The molecule has 1 N–H and O–H groups in total. The molecule has 1 aromatic heterocycles. The molecule has 3 heterocycles. The van der Waals surface area contributed by atoms with Crippen LogP contribution in [0.15, 0.2) is 79.1 Å². The maximum absolute atomic E-state index is 13.2. The summed E-state index contributed by atoms with van der Waals surface area (Å²) in [5, 5.41) is 12.1. The Bertz CT molecular complexity index is 1230. The number of aromatic nitrogens is 1. The predicted molar refractivity (Wildman–Crippen MR) is 133 cm³/mol. The zero-order valence-corrected chi connectivity index (χ0v) is 19.4. The Morgan fingerprint density at radius 3 is 2.49 bits per heavy atom. The first-order chi connectivity index (χ1) is 17.1. The topological polar surface area (TPSA) is 89.3 Å². The molecule has 0 bridgehead atoms. The average molecular weight is 466 g/mol. The molecule has 1 unspecified atom stereocenters. The highest BCUT2D eigenvalue weighted by atomic mass is 16.2. The summed E-state index contributed by atoms with van der Waals surface area (Å²) in [7, 11) is 0. The summed E-state index contributed by atoms with van der Waals surface area (Å²) in [5.74, 6) is 0.0937. The van der Waals surface area contributed by atoms with Crippen molar-refractivity contribution < 1.29 is 9.59 Å². The van der Waals surface area contributed by atoms with E-state index in [2.05, 4.69) is 33.4 Å².